The lowest BCUT2D eigenvalue weighted by atomic mass is 10.2. The van der Waals surface area contributed by atoms with Gasteiger partial charge in [0, 0.05) is 5.69 Å². The standard InChI is InChI=1S/C19H17NO7/c1-25-19(24)13-6-8-15(9-7-13)20-17(22)11-27-18(23)12-26-16-5-3-2-4-14(16)10-21/h2-10H,11-12H2,1H3,(H,20,22). The van der Waals surface area contributed by atoms with E-state index in [-0.39, 0.29) is 5.75 Å². The number of amides is 1. The molecule has 2 rings (SSSR count). The molecule has 0 saturated heterocycles. The monoisotopic (exact) mass is 371 g/mol. The van der Waals surface area contributed by atoms with Gasteiger partial charge in [0.1, 0.15) is 5.75 Å². The highest BCUT2D eigenvalue weighted by Crippen LogP contribution is 2.15. The SMILES string of the molecule is COC(=O)c1ccc(NC(=O)COC(=O)COc2ccccc2C=O)cc1. The van der Waals surface area contributed by atoms with E-state index in [2.05, 4.69) is 10.1 Å². The molecule has 0 aromatic heterocycles. The van der Waals surface area contributed by atoms with Gasteiger partial charge in [0.25, 0.3) is 5.91 Å². The van der Waals surface area contributed by atoms with Gasteiger partial charge in [-0.25, -0.2) is 9.59 Å². The van der Waals surface area contributed by atoms with Crippen molar-refractivity contribution in [1.82, 2.24) is 0 Å². The summed E-state index contributed by atoms with van der Waals surface area (Å²) in [6.07, 6.45) is 0.611. The van der Waals surface area contributed by atoms with Gasteiger partial charge < -0.3 is 19.5 Å². The summed E-state index contributed by atoms with van der Waals surface area (Å²) in [5.74, 6) is -1.55. The zero-order chi connectivity index (χ0) is 19.6. The van der Waals surface area contributed by atoms with E-state index in [1.807, 2.05) is 0 Å². The van der Waals surface area contributed by atoms with Gasteiger partial charge in [-0.15, -0.1) is 0 Å². The fraction of sp³-hybridized carbons (Fsp3) is 0.158. The molecule has 0 aliphatic carbocycles. The fourth-order valence-corrected chi connectivity index (χ4v) is 2.04. The maximum Gasteiger partial charge on any atom is 0.344 e. The molecular weight excluding hydrogens is 354 g/mol. The van der Waals surface area contributed by atoms with Gasteiger partial charge in [-0.2, -0.15) is 0 Å². The summed E-state index contributed by atoms with van der Waals surface area (Å²) in [6.45, 7) is -0.942. The lowest BCUT2D eigenvalue weighted by Gasteiger charge is -2.09. The van der Waals surface area contributed by atoms with Crippen LogP contribution in [0.3, 0.4) is 0 Å². The van der Waals surface area contributed by atoms with E-state index >= 15 is 0 Å². The molecule has 0 atom stereocenters. The highest BCUT2D eigenvalue weighted by atomic mass is 16.6. The molecule has 0 saturated carbocycles. The van der Waals surface area contributed by atoms with E-state index in [0.717, 1.165) is 0 Å². The van der Waals surface area contributed by atoms with Crippen molar-refractivity contribution in [2.45, 2.75) is 0 Å². The Balaban J connectivity index is 1.77. The minimum absolute atomic E-state index is 0.250. The normalized spacial score (nSPS) is 9.81. The molecular formula is C19H17NO7. The van der Waals surface area contributed by atoms with E-state index in [1.54, 1.807) is 24.3 Å². The second-order valence-electron chi connectivity index (χ2n) is 5.22. The molecule has 0 heterocycles. The molecule has 0 aliphatic rings. The fourth-order valence-electron chi connectivity index (χ4n) is 2.04. The van der Waals surface area contributed by atoms with Crippen LogP contribution in [0.4, 0.5) is 5.69 Å². The summed E-state index contributed by atoms with van der Waals surface area (Å²) in [7, 11) is 1.27. The number of carbonyl (C=O) groups is 4. The third kappa shape index (κ3) is 5.96. The Labute approximate surface area is 155 Å². The van der Waals surface area contributed by atoms with Crippen molar-refractivity contribution < 1.29 is 33.4 Å². The highest BCUT2D eigenvalue weighted by Gasteiger charge is 2.11. The molecule has 2 aromatic carbocycles. The number of methoxy groups -OCH3 is 1. The van der Waals surface area contributed by atoms with Crippen LogP contribution in [0.5, 0.6) is 5.75 Å². The number of nitrogens with one attached hydrogen (secondary N) is 1. The van der Waals surface area contributed by atoms with E-state index in [0.29, 0.717) is 23.1 Å². The van der Waals surface area contributed by atoms with E-state index in [1.165, 1.54) is 31.4 Å². The second kappa shape index (κ2) is 9.71. The maximum atomic E-state index is 11.8. The van der Waals surface area contributed by atoms with E-state index < -0.39 is 31.1 Å². The molecule has 140 valence electrons. The second-order valence-corrected chi connectivity index (χ2v) is 5.22. The number of carbonyl (C=O) groups excluding carboxylic acids is 4. The first-order valence-corrected chi connectivity index (χ1v) is 7.84. The Morgan fingerprint density at radius 2 is 1.70 bits per heavy atom. The molecule has 0 radical (unpaired) electrons. The number of para-hydroxylation sites is 1. The van der Waals surface area contributed by atoms with Crippen LogP contribution in [0.2, 0.25) is 0 Å². The zero-order valence-electron chi connectivity index (χ0n) is 14.5. The summed E-state index contributed by atoms with van der Waals surface area (Å²) in [4.78, 5) is 45.7. The van der Waals surface area contributed by atoms with Gasteiger partial charge in [0.15, 0.2) is 19.5 Å². The van der Waals surface area contributed by atoms with Crippen LogP contribution in [0.15, 0.2) is 48.5 Å². The molecule has 8 nitrogen and oxygen atoms in total. The number of anilines is 1. The number of rotatable bonds is 8. The van der Waals surface area contributed by atoms with Crippen molar-refractivity contribution in [2.24, 2.45) is 0 Å². The Hall–Kier alpha value is -3.68. The Bertz CT molecular complexity index is 830. The predicted molar refractivity (Wildman–Crippen MR) is 94.7 cm³/mol. The van der Waals surface area contributed by atoms with Gasteiger partial charge in [0.2, 0.25) is 0 Å². The summed E-state index contributed by atoms with van der Waals surface area (Å²) in [5.41, 5.74) is 1.08. The first-order valence-electron chi connectivity index (χ1n) is 7.84. The highest BCUT2D eigenvalue weighted by molar-refractivity contribution is 5.94. The third-order valence-electron chi connectivity index (χ3n) is 3.35. The molecule has 27 heavy (non-hydrogen) atoms. The van der Waals surface area contributed by atoms with Crippen molar-refractivity contribution in [1.29, 1.82) is 0 Å². The molecule has 0 bridgehead atoms. The average molecular weight is 371 g/mol. The number of hydrogen-bond acceptors (Lipinski definition) is 7. The number of benzene rings is 2. The van der Waals surface area contributed by atoms with Gasteiger partial charge in [-0.1, -0.05) is 12.1 Å². The van der Waals surface area contributed by atoms with Crippen molar-refractivity contribution in [2.75, 3.05) is 25.6 Å². The van der Waals surface area contributed by atoms with Crippen LogP contribution >= 0.6 is 0 Å². The van der Waals surface area contributed by atoms with Gasteiger partial charge in [-0.3, -0.25) is 9.59 Å². The molecule has 2 aromatic rings. The topological polar surface area (TPSA) is 108 Å². The molecule has 8 heteroatoms. The summed E-state index contributed by atoms with van der Waals surface area (Å²) in [6, 6.07) is 12.4. The zero-order valence-corrected chi connectivity index (χ0v) is 14.5. The number of esters is 2. The van der Waals surface area contributed by atoms with E-state index in [4.69, 9.17) is 9.47 Å². The molecule has 1 N–H and O–H groups in total. The van der Waals surface area contributed by atoms with Gasteiger partial charge >= 0.3 is 11.9 Å². The van der Waals surface area contributed by atoms with Crippen molar-refractivity contribution in [3.8, 4) is 5.75 Å². The van der Waals surface area contributed by atoms with Crippen LogP contribution in [-0.4, -0.2) is 44.5 Å². The molecule has 0 aliphatic heterocycles. The van der Waals surface area contributed by atoms with Crippen LogP contribution in [0.25, 0.3) is 0 Å². The van der Waals surface area contributed by atoms with Crippen LogP contribution in [-0.2, 0) is 19.1 Å². The number of hydrogen-bond donors (Lipinski definition) is 1. The first kappa shape index (κ1) is 19.6. The predicted octanol–water partition coefficient (Wildman–Crippen LogP) is 1.85. The van der Waals surface area contributed by atoms with Gasteiger partial charge in [0.05, 0.1) is 18.2 Å². The van der Waals surface area contributed by atoms with Crippen LogP contribution < -0.4 is 10.1 Å². The number of aldehydes is 1. The quantitative estimate of drug-likeness (QED) is 0.557. The Kier molecular flexibility index (Phi) is 7.07. The molecule has 1 amide bonds. The lowest BCUT2D eigenvalue weighted by Crippen LogP contribution is -2.23. The first-order chi connectivity index (χ1) is 13.0. The van der Waals surface area contributed by atoms with Crippen molar-refractivity contribution in [3.63, 3.8) is 0 Å². The summed E-state index contributed by atoms with van der Waals surface area (Å²) < 4.78 is 14.6. The van der Waals surface area contributed by atoms with Crippen LogP contribution in [0, 0.1) is 0 Å². The molecule has 0 unspecified atom stereocenters. The smallest absolute Gasteiger partial charge is 0.344 e. The molecule has 0 fully saturated rings. The largest absolute Gasteiger partial charge is 0.481 e. The Morgan fingerprint density at radius 1 is 1.00 bits per heavy atom. The maximum absolute atomic E-state index is 11.8. The van der Waals surface area contributed by atoms with Crippen LogP contribution in [0.1, 0.15) is 20.7 Å². The van der Waals surface area contributed by atoms with Gasteiger partial charge in [-0.05, 0) is 36.4 Å². The minimum Gasteiger partial charge on any atom is -0.481 e. The Morgan fingerprint density at radius 3 is 2.37 bits per heavy atom. The lowest BCUT2D eigenvalue weighted by molar-refractivity contribution is -0.149. The van der Waals surface area contributed by atoms with Crippen molar-refractivity contribution >= 4 is 29.8 Å². The van der Waals surface area contributed by atoms with E-state index in [9.17, 15) is 19.2 Å². The minimum atomic E-state index is -0.758. The summed E-state index contributed by atoms with van der Waals surface area (Å²) in [5, 5.41) is 2.52. The number of ether oxygens (including phenoxy) is 3. The molecule has 0 spiro atoms. The van der Waals surface area contributed by atoms with Crippen molar-refractivity contribution in [3.05, 3.63) is 59.7 Å². The third-order valence-corrected chi connectivity index (χ3v) is 3.35. The average Bonchev–Trinajstić information content (AvgIpc) is 2.70. The summed E-state index contributed by atoms with van der Waals surface area (Å²) >= 11 is 0.